The molecule has 6 heteroatoms. The minimum absolute atomic E-state index is 0.207. The second-order valence-electron chi connectivity index (χ2n) is 9.37. The number of hydrogen-bond acceptors (Lipinski definition) is 5. The first-order chi connectivity index (χ1) is 15.2. The average molecular weight is 459 g/mol. The van der Waals surface area contributed by atoms with Crippen LogP contribution in [-0.2, 0) is 14.3 Å². The number of rotatable bonds is 14. The Kier molecular flexibility index (Phi) is 9.99. The van der Waals surface area contributed by atoms with Crippen LogP contribution >= 0.6 is 0 Å². The van der Waals surface area contributed by atoms with Gasteiger partial charge in [-0.1, -0.05) is 69.2 Å². The molecular formula is C26H38N2O3S. The molecule has 176 valence electrons. The van der Waals surface area contributed by atoms with Crippen molar-refractivity contribution in [1.29, 1.82) is 5.26 Å². The maximum Gasteiger partial charge on any atom is 0.297 e. The standard InChI is InChI=1S/C26H38N2O3S/c1-26(2,21-27)19-11-9-7-5-6-8-10-12-20-31-32(29,30)25-18-14-15-22-23(25)16-13-17-24(22)28(3)4/h13-18H,5-12,19-20H2,1-4H3. The summed E-state index contributed by atoms with van der Waals surface area (Å²) in [6, 6.07) is 13.4. The molecule has 0 aliphatic heterocycles. The predicted molar refractivity (Wildman–Crippen MR) is 132 cm³/mol. The fraction of sp³-hybridized carbons (Fsp3) is 0.577. The Morgan fingerprint density at radius 2 is 1.44 bits per heavy atom. The number of hydrogen-bond donors (Lipinski definition) is 0. The Morgan fingerprint density at radius 1 is 0.875 bits per heavy atom. The van der Waals surface area contributed by atoms with Crippen molar-refractivity contribution in [2.24, 2.45) is 5.41 Å². The highest BCUT2D eigenvalue weighted by molar-refractivity contribution is 7.87. The smallest absolute Gasteiger partial charge is 0.297 e. The normalized spacial score (nSPS) is 12.1. The van der Waals surface area contributed by atoms with Crippen molar-refractivity contribution in [2.75, 3.05) is 25.6 Å². The number of nitrogens with zero attached hydrogens (tertiary/aromatic N) is 2. The van der Waals surface area contributed by atoms with Crippen LogP contribution in [0.15, 0.2) is 41.3 Å². The summed E-state index contributed by atoms with van der Waals surface area (Å²) >= 11 is 0. The van der Waals surface area contributed by atoms with E-state index in [1.54, 1.807) is 12.1 Å². The van der Waals surface area contributed by atoms with Crippen molar-refractivity contribution in [3.63, 3.8) is 0 Å². The SMILES string of the molecule is CN(C)c1cccc2c(S(=O)(=O)OCCCCCCCCCCC(C)(C)C#N)cccc12. The third-order valence-electron chi connectivity index (χ3n) is 5.85. The number of unbranched alkanes of at least 4 members (excludes halogenated alkanes) is 7. The lowest BCUT2D eigenvalue weighted by atomic mass is 9.88. The second kappa shape index (κ2) is 12.2. The molecule has 0 heterocycles. The van der Waals surface area contributed by atoms with Gasteiger partial charge in [-0.25, -0.2) is 0 Å². The van der Waals surface area contributed by atoms with Crippen molar-refractivity contribution in [3.05, 3.63) is 36.4 Å². The zero-order valence-electron chi connectivity index (χ0n) is 20.1. The lowest BCUT2D eigenvalue weighted by Crippen LogP contribution is -2.11. The van der Waals surface area contributed by atoms with E-state index in [0.717, 1.165) is 49.6 Å². The summed E-state index contributed by atoms with van der Waals surface area (Å²) in [5.74, 6) is 0. The fourth-order valence-electron chi connectivity index (χ4n) is 3.89. The van der Waals surface area contributed by atoms with Gasteiger partial charge in [0.1, 0.15) is 4.90 Å². The lowest BCUT2D eigenvalue weighted by Gasteiger charge is -2.16. The molecule has 0 spiro atoms. The van der Waals surface area contributed by atoms with Crippen LogP contribution in [-0.4, -0.2) is 29.1 Å². The first-order valence-corrected chi connectivity index (χ1v) is 13.1. The summed E-state index contributed by atoms with van der Waals surface area (Å²) < 4.78 is 31.0. The monoisotopic (exact) mass is 458 g/mol. The van der Waals surface area contributed by atoms with E-state index in [1.807, 2.05) is 57.1 Å². The topological polar surface area (TPSA) is 70.4 Å². The van der Waals surface area contributed by atoms with Crippen LogP contribution in [0.4, 0.5) is 5.69 Å². The molecule has 0 aromatic heterocycles. The van der Waals surface area contributed by atoms with Crippen molar-refractivity contribution in [2.45, 2.75) is 76.5 Å². The fourth-order valence-corrected chi connectivity index (χ4v) is 5.05. The molecular weight excluding hydrogens is 420 g/mol. The van der Waals surface area contributed by atoms with E-state index < -0.39 is 10.1 Å². The predicted octanol–water partition coefficient (Wildman–Crippen LogP) is 6.67. The van der Waals surface area contributed by atoms with Gasteiger partial charge in [0.2, 0.25) is 0 Å². The Bertz CT molecular complexity index is 1010. The van der Waals surface area contributed by atoms with Crippen LogP contribution < -0.4 is 4.90 Å². The Balaban J connectivity index is 1.72. The van der Waals surface area contributed by atoms with Gasteiger partial charge in [-0.3, -0.25) is 4.18 Å². The minimum Gasteiger partial charge on any atom is -0.377 e. The zero-order chi connectivity index (χ0) is 23.6. The molecule has 0 unspecified atom stereocenters. The summed E-state index contributed by atoms with van der Waals surface area (Å²) in [4.78, 5) is 2.21. The van der Waals surface area contributed by atoms with E-state index in [2.05, 4.69) is 6.07 Å². The van der Waals surface area contributed by atoms with E-state index in [0.29, 0.717) is 5.39 Å². The highest BCUT2D eigenvalue weighted by Gasteiger charge is 2.19. The van der Waals surface area contributed by atoms with Gasteiger partial charge < -0.3 is 4.90 Å². The number of nitriles is 1. The molecule has 0 bridgehead atoms. The van der Waals surface area contributed by atoms with Gasteiger partial charge >= 0.3 is 0 Å². The van der Waals surface area contributed by atoms with Crippen LogP contribution in [0.1, 0.15) is 71.6 Å². The molecule has 2 aromatic carbocycles. The molecule has 0 atom stereocenters. The van der Waals surface area contributed by atoms with Gasteiger partial charge in [-0.05, 0) is 38.8 Å². The molecule has 2 aromatic rings. The molecule has 0 aliphatic carbocycles. The Hall–Kier alpha value is -2.10. The van der Waals surface area contributed by atoms with Crippen molar-refractivity contribution in [3.8, 4) is 6.07 Å². The summed E-state index contributed by atoms with van der Waals surface area (Å²) in [5, 5.41) is 10.6. The Morgan fingerprint density at radius 3 is 2.06 bits per heavy atom. The van der Waals surface area contributed by atoms with Gasteiger partial charge in [0.05, 0.1) is 18.1 Å². The van der Waals surface area contributed by atoms with Crippen LogP contribution in [0, 0.1) is 16.7 Å². The second-order valence-corrected chi connectivity index (χ2v) is 11.0. The molecule has 32 heavy (non-hydrogen) atoms. The molecule has 0 radical (unpaired) electrons. The maximum absolute atomic E-state index is 12.8. The van der Waals surface area contributed by atoms with Gasteiger partial charge in [0.25, 0.3) is 10.1 Å². The van der Waals surface area contributed by atoms with Crippen molar-refractivity contribution < 1.29 is 12.6 Å². The quantitative estimate of drug-likeness (QED) is 0.233. The van der Waals surface area contributed by atoms with Crippen LogP contribution in [0.3, 0.4) is 0 Å². The Labute approximate surface area is 194 Å². The van der Waals surface area contributed by atoms with Gasteiger partial charge in [-0.15, -0.1) is 0 Å². The molecule has 0 saturated carbocycles. The number of benzene rings is 2. The van der Waals surface area contributed by atoms with Crippen LogP contribution in [0.2, 0.25) is 0 Å². The maximum atomic E-state index is 12.8. The van der Waals surface area contributed by atoms with E-state index in [4.69, 9.17) is 9.44 Å². The molecule has 0 aliphatic rings. The van der Waals surface area contributed by atoms with E-state index in [-0.39, 0.29) is 16.9 Å². The summed E-state index contributed by atoms with van der Waals surface area (Å²) in [6.07, 6.45) is 9.59. The molecule has 0 saturated heterocycles. The molecule has 0 amide bonds. The first kappa shape index (κ1) is 26.2. The van der Waals surface area contributed by atoms with Crippen LogP contribution in [0.25, 0.3) is 10.8 Å². The van der Waals surface area contributed by atoms with Crippen LogP contribution in [0.5, 0.6) is 0 Å². The van der Waals surface area contributed by atoms with E-state index in [1.165, 1.54) is 19.3 Å². The van der Waals surface area contributed by atoms with Crippen molar-refractivity contribution >= 4 is 26.6 Å². The lowest BCUT2D eigenvalue weighted by molar-refractivity contribution is 0.306. The zero-order valence-corrected chi connectivity index (χ0v) is 20.9. The van der Waals surface area contributed by atoms with E-state index >= 15 is 0 Å². The summed E-state index contributed by atoms with van der Waals surface area (Å²) in [7, 11) is 0.0999. The van der Waals surface area contributed by atoms with E-state index in [9.17, 15) is 8.42 Å². The van der Waals surface area contributed by atoms with Gasteiger partial charge in [-0.2, -0.15) is 13.7 Å². The summed E-state index contributed by atoms with van der Waals surface area (Å²) in [6.45, 7) is 4.21. The first-order valence-electron chi connectivity index (χ1n) is 11.7. The number of fused-ring (bicyclic) bond motifs is 1. The van der Waals surface area contributed by atoms with Gasteiger partial charge in [0.15, 0.2) is 0 Å². The van der Waals surface area contributed by atoms with Crippen molar-refractivity contribution in [1.82, 2.24) is 0 Å². The van der Waals surface area contributed by atoms with Gasteiger partial charge in [0, 0.05) is 30.6 Å². The third-order valence-corrected chi connectivity index (χ3v) is 7.22. The molecule has 0 N–H and O–H groups in total. The summed E-state index contributed by atoms with van der Waals surface area (Å²) in [5.41, 5.74) is 0.773. The number of anilines is 1. The highest BCUT2D eigenvalue weighted by atomic mass is 32.2. The third kappa shape index (κ3) is 7.79. The highest BCUT2D eigenvalue weighted by Crippen LogP contribution is 2.31. The molecule has 0 fully saturated rings. The molecule has 5 nitrogen and oxygen atoms in total. The minimum atomic E-state index is -3.79. The largest absolute Gasteiger partial charge is 0.377 e. The average Bonchev–Trinajstić information content (AvgIpc) is 2.76. The molecule has 2 rings (SSSR count).